The first-order chi connectivity index (χ1) is 8.78. The second-order valence-electron chi connectivity index (χ2n) is 6.83. The molecule has 0 spiro atoms. The van der Waals surface area contributed by atoms with Crippen molar-refractivity contribution in [2.45, 2.75) is 64.3 Å². The molecule has 110 valence electrons. The van der Waals surface area contributed by atoms with Crippen LogP contribution in [0.15, 0.2) is 12.2 Å². The zero-order valence-electron chi connectivity index (χ0n) is 12.1. The van der Waals surface area contributed by atoms with Crippen LogP contribution in [0, 0.1) is 17.3 Å². The van der Waals surface area contributed by atoms with Gasteiger partial charge in [-0.05, 0) is 44.4 Å². The summed E-state index contributed by atoms with van der Waals surface area (Å²) in [6.45, 7) is 10.2. The molecule has 0 unspecified atom stereocenters. The number of hydrogen-bond donors (Lipinski definition) is 3. The normalized spacial score (nSPS) is 50.6. The maximum Gasteiger partial charge on any atom is 0.137 e. The molecule has 0 heterocycles. The Labute approximate surface area is 115 Å². The molecule has 0 saturated heterocycles. The van der Waals surface area contributed by atoms with E-state index in [1.54, 1.807) is 0 Å². The first kappa shape index (κ1) is 15.0. The highest BCUT2D eigenvalue weighted by molar-refractivity contribution is 5.16. The molecule has 19 heavy (non-hydrogen) atoms. The minimum absolute atomic E-state index is 0.167. The van der Waals surface area contributed by atoms with E-state index in [0.29, 0.717) is 18.8 Å². The Hall–Kier alpha value is -0.420. The summed E-state index contributed by atoms with van der Waals surface area (Å²) in [5.41, 5.74) is -0.279. The van der Waals surface area contributed by atoms with Crippen LogP contribution >= 0.6 is 0 Å². The second-order valence-corrected chi connectivity index (χ2v) is 6.83. The van der Waals surface area contributed by atoms with Gasteiger partial charge in [-0.2, -0.15) is 0 Å². The van der Waals surface area contributed by atoms with E-state index in [1.807, 2.05) is 6.92 Å². The van der Waals surface area contributed by atoms with Gasteiger partial charge in [0.25, 0.3) is 0 Å². The predicted molar refractivity (Wildman–Crippen MR) is 72.5 cm³/mol. The van der Waals surface area contributed by atoms with Crippen LogP contribution in [0.2, 0.25) is 0 Å². The van der Waals surface area contributed by atoms with Gasteiger partial charge >= 0.3 is 0 Å². The number of aliphatic hydroxyl groups is 2. The van der Waals surface area contributed by atoms with Gasteiger partial charge in [0.15, 0.2) is 0 Å². The van der Waals surface area contributed by atoms with Crippen molar-refractivity contribution < 1.29 is 20.4 Å². The summed E-state index contributed by atoms with van der Waals surface area (Å²) in [6, 6.07) is 0. The van der Waals surface area contributed by atoms with Gasteiger partial charge in [0.2, 0.25) is 0 Å². The Morgan fingerprint density at radius 2 is 2.00 bits per heavy atom. The topological polar surface area (TPSA) is 69.9 Å². The highest BCUT2D eigenvalue weighted by atomic mass is 17.1. The first-order valence-corrected chi connectivity index (χ1v) is 7.12. The van der Waals surface area contributed by atoms with E-state index in [0.717, 1.165) is 18.4 Å². The highest BCUT2D eigenvalue weighted by Crippen LogP contribution is 2.59. The third-order valence-corrected chi connectivity index (χ3v) is 5.89. The van der Waals surface area contributed by atoms with Crippen LogP contribution in [-0.2, 0) is 4.89 Å². The largest absolute Gasteiger partial charge is 0.390 e. The summed E-state index contributed by atoms with van der Waals surface area (Å²) >= 11 is 0. The molecule has 0 aromatic carbocycles. The number of hydrogen-bond acceptors (Lipinski definition) is 4. The first-order valence-electron chi connectivity index (χ1n) is 7.12. The molecule has 0 aromatic heterocycles. The molecule has 2 aliphatic rings. The summed E-state index contributed by atoms with van der Waals surface area (Å²) in [6.07, 6.45) is 0.850. The number of allylic oxidation sites excluding steroid dienone is 1. The third-order valence-electron chi connectivity index (χ3n) is 5.89. The number of aliphatic hydroxyl groups excluding tert-OH is 2. The minimum atomic E-state index is -1.06. The Balaban J connectivity index is 2.40. The fourth-order valence-corrected chi connectivity index (χ4v) is 4.25. The van der Waals surface area contributed by atoms with Crippen molar-refractivity contribution in [3.8, 4) is 0 Å². The summed E-state index contributed by atoms with van der Waals surface area (Å²) in [5.74, 6) is 0.554. The molecule has 0 amide bonds. The average molecular weight is 270 g/mol. The molecule has 4 heteroatoms. The summed E-state index contributed by atoms with van der Waals surface area (Å²) < 4.78 is 0. The molecule has 3 N–H and O–H groups in total. The molecule has 0 bridgehead atoms. The van der Waals surface area contributed by atoms with E-state index in [2.05, 4.69) is 20.4 Å². The van der Waals surface area contributed by atoms with E-state index in [9.17, 15) is 15.5 Å². The summed E-state index contributed by atoms with van der Waals surface area (Å²) in [7, 11) is 0. The van der Waals surface area contributed by atoms with Crippen LogP contribution in [0.5, 0.6) is 0 Å². The van der Waals surface area contributed by atoms with Gasteiger partial charge in [-0.25, -0.2) is 4.89 Å². The van der Waals surface area contributed by atoms with Crippen molar-refractivity contribution in [3.05, 3.63) is 12.2 Å². The molecule has 2 saturated carbocycles. The van der Waals surface area contributed by atoms with E-state index in [1.165, 1.54) is 0 Å². The zero-order chi connectivity index (χ0) is 14.4. The standard InChI is InChI=1S/C15H26O4/c1-9(2)11-5-6-15(19-18)13(17)12(16)7-10(3)14(15,4)8-11/h10-13,16-18H,1,5-8H2,2-4H3/t10-,11-,12+,13+,14+,15-/m0/s1. The van der Waals surface area contributed by atoms with Crippen LogP contribution < -0.4 is 0 Å². The lowest BCUT2D eigenvalue weighted by Gasteiger charge is -2.60. The Kier molecular flexibility index (Phi) is 3.82. The Morgan fingerprint density at radius 1 is 1.37 bits per heavy atom. The predicted octanol–water partition coefficient (Wildman–Crippen LogP) is 2.36. The highest BCUT2D eigenvalue weighted by Gasteiger charge is 2.64. The number of rotatable bonds is 2. The summed E-state index contributed by atoms with van der Waals surface area (Å²) in [5, 5.41) is 29.9. The average Bonchev–Trinajstić information content (AvgIpc) is 2.36. The van der Waals surface area contributed by atoms with E-state index in [-0.39, 0.29) is 11.3 Å². The fraction of sp³-hybridized carbons (Fsp3) is 0.867. The van der Waals surface area contributed by atoms with E-state index < -0.39 is 17.8 Å². The quantitative estimate of drug-likeness (QED) is 0.409. The molecule has 0 radical (unpaired) electrons. The fourth-order valence-electron chi connectivity index (χ4n) is 4.25. The molecular weight excluding hydrogens is 244 g/mol. The van der Waals surface area contributed by atoms with Gasteiger partial charge in [0, 0.05) is 5.41 Å². The maximum absolute atomic E-state index is 10.4. The monoisotopic (exact) mass is 270 g/mol. The Bertz CT molecular complexity index is 369. The lowest BCUT2D eigenvalue weighted by Crippen LogP contribution is -2.68. The van der Waals surface area contributed by atoms with Crippen molar-refractivity contribution in [1.82, 2.24) is 0 Å². The Morgan fingerprint density at radius 3 is 2.53 bits per heavy atom. The molecule has 0 aliphatic heterocycles. The van der Waals surface area contributed by atoms with Crippen LogP contribution in [0.3, 0.4) is 0 Å². The van der Waals surface area contributed by atoms with Gasteiger partial charge in [0.05, 0.1) is 6.10 Å². The molecule has 2 aliphatic carbocycles. The summed E-state index contributed by atoms with van der Waals surface area (Å²) in [4.78, 5) is 4.83. The number of fused-ring (bicyclic) bond motifs is 1. The van der Waals surface area contributed by atoms with Crippen LogP contribution in [0.1, 0.15) is 46.5 Å². The minimum Gasteiger partial charge on any atom is -0.390 e. The second kappa shape index (κ2) is 4.85. The van der Waals surface area contributed by atoms with Crippen molar-refractivity contribution in [2.24, 2.45) is 17.3 Å². The lowest BCUT2D eigenvalue weighted by atomic mass is 9.49. The maximum atomic E-state index is 10.4. The van der Waals surface area contributed by atoms with Crippen LogP contribution in [-0.4, -0.2) is 33.3 Å². The van der Waals surface area contributed by atoms with E-state index in [4.69, 9.17) is 4.89 Å². The van der Waals surface area contributed by atoms with Gasteiger partial charge in [-0.15, -0.1) is 0 Å². The van der Waals surface area contributed by atoms with Crippen LogP contribution in [0.25, 0.3) is 0 Å². The lowest BCUT2D eigenvalue weighted by molar-refractivity contribution is -0.406. The zero-order valence-corrected chi connectivity index (χ0v) is 12.1. The van der Waals surface area contributed by atoms with Gasteiger partial charge in [0.1, 0.15) is 11.7 Å². The molecular formula is C15H26O4. The molecule has 0 aromatic rings. The van der Waals surface area contributed by atoms with Gasteiger partial charge < -0.3 is 10.2 Å². The van der Waals surface area contributed by atoms with Crippen molar-refractivity contribution in [3.63, 3.8) is 0 Å². The van der Waals surface area contributed by atoms with Crippen molar-refractivity contribution in [1.29, 1.82) is 0 Å². The molecule has 2 rings (SSSR count). The van der Waals surface area contributed by atoms with Gasteiger partial charge in [-0.3, -0.25) is 5.26 Å². The van der Waals surface area contributed by atoms with Crippen molar-refractivity contribution in [2.75, 3.05) is 0 Å². The van der Waals surface area contributed by atoms with Gasteiger partial charge in [-0.1, -0.05) is 26.0 Å². The van der Waals surface area contributed by atoms with Crippen LogP contribution in [0.4, 0.5) is 0 Å². The molecule has 2 fully saturated rings. The SMILES string of the molecule is C=C(C)[C@H]1CC[C@]2(OO)[C@H](O)[C@H](O)C[C@H](C)[C@@]2(C)C1. The smallest absolute Gasteiger partial charge is 0.137 e. The van der Waals surface area contributed by atoms with Crippen molar-refractivity contribution >= 4 is 0 Å². The third kappa shape index (κ3) is 1.97. The molecule has 6 atom stereocenters. The van der Waals surface area contributed by atoms with E-state index >= 15 is 0 Å². The molecule has 4 nitrogen and oxygen atoms in total.